The van der Waals surface area contributed by atoms with Crippen LogP contribution in [0.25, 0.3) is 0 Å². The van der Waals surface area contributed by atoms with Crippen LogP contribution in [-0.2, 0) is 24.2 Å². The number of sulfone groups is 1. The quantitative estimate of drug-likeness (QED) is 0.608. The second kappa shape index (κ2) is 9.41. The highest BCUT2D eigenvalue weighted by atomic mass is 32.2. The third-order valence-electron chi connectivity index (χ3n) is 4.99. The van der Waals surface area contributed by atoms with Crippen molar-refractivity contribution in [2.75, 3.05) is 24.7 Å². The molecule has 1 aliphatic rings. The molecule has 0 bridgehead atoms. The Bertz CT molecular complexity index is 820. The molecule has 28 heavy (non-hydrogen) atoms. The van der Waals surface area contributed by atoms with E-state index in [4.69, 9.17) is 9.47 Å². The first-order valence-electron chi connectivity index (χ1n) is 9.50. The molecule has 1 aromatic rings. The third kappa shape index (κ3) is 5.95. The van der Waals surface area contributed by atoms with E-state index in [1.54, 1.807) is 11.0 Å². The van der Waals surface area contributed by atoms with Gasteiger partial charge in [-0.25, -0.2) is 13.2 Å². The summed E-state index contributed by atoms with van der Waals surface area (Å²) in [5, 5.41) is 0. The summed E-state index contributed by atoms with van der Waals surface area (Å²) in [6.07, 6.45) is 1.11. The molecule has 1 saturated heterocycles. The lowest BCUT2D eigenvalue weighted by molar-refractivity contribution is -0.155. The van der Waals surface area contributed by atoms with Gasteiger partial charge in [0.2, 0.25) is 0 Å². The van der Waals surface area contributed by atoms with Crippen molar-refractivity contribution in [3.05, 3.63) is 29.3 Å². The first-order chi connectivity index (χ1) is 13.1. The van der Waals surface area contributed by atoms with Gasteiger partial charge in [-0.1, -0.05) is 24.6 Å². The van der Waals surface area contributed by atoms with E-state index in [1.807, 2.05) is 39.8 Å². The number of nitrogens with zero attached hydrogens (tertiary/aromatic N) is 1. The molecule has 1 fully saturated rings. The molecular formula is C20H29NO6S. The number of esters is 1. The van der Waals surface area contributed by atoms with Crippen LogP contribution in [0.3, 0.4) is 0 Å². The van der Waals surface area contributed by atoms with E-state index in [9.17, 15) is 18.0 Å². The van der Waals surface area contributed by atoms with Crippen molar-refractivity contribution >= 4 is 21.7 Å². The van der Waals surface area contributed by atoms with Gasteiger partial charge in [0, 0.05) is 12.1 Å². The maximum atomic E-state index is 12.6. The minimum absolute atomic E-state index is 0.0349. The normalized spacial score (nSPS) is 19.1. The predicted octanol–water partition coefficient (Wildman–Crippen LogP) is 2.04. The van der Waals surface area contributed by atoms with Crippen molar-refractivity contribution in [2.24, 2.45) is 0 Å². The summed E-state index contributed by atoms with van der Waals surface area (Å²) >= 11 is 0. The number of rotatable bonds is 8. The van der Waals surface area contributed by atoms with E-state index in [0.717, 1.165) is 11.1 Å². The van der Waals surface area contributed by atoms with Crippen LogP contribution in [0.15, 0.2) is 18.2 Å². The van der Waals surface area contributed by atoms with Crippen LogP contribution in [0.5, 0.6) is 5.75 Å². The van der Waals surface area contributed by atoms with Crippen molar-refractivity contribution < 1.29 is 27.5 Å². The molecule has 0 spiro atoms. The smallest absolute Gasteiger partial charge is 0.344 e. The topological polar surface area (TPSA) is 90.0 Å². The van der Waals surface area contributed by atoms with E-state index in [1.165, 1.54) is 0 Å². The maximum Gasteiger partial charge on any atom is 0.344 e. The van der Waals surface area contributed by atoms with Crippen LogP contribution >= 0.6 is 0 Å². The molecule has 0 unspecified atom stereocenters. The molecule has 0 aliphatic carbocycles. The molecule has 0 radical (unpaired) electrons. The van der Waals surface area contributed by atoms with Crippen LogP contribution in [0.2, 0.25) is 0 Å². The highest BCUT2D eigenvalue weighted by Crippen LogP contribution is 2.22. The minimum Gasteiger partial charge on any atom is -0.482 e. The largest absolute Gasteiger partial charge is 0.482 e. The lowest BCUT2D eigenvalue weighted by Crippen LogP contribution is -2.48. The van der Waals surface area contributed by atoms with Crippen LogP contribution < -0.4 is 4.74 Å². The van der Waals surface area contributed by atoms with Crippen LogP contribution in [-0.4, -0.2) is 62.0 Å². The Kier molecular flexibility index (Phi) is 7.46. The SMILES string of the molecule is CC[C@@H](C)N(C(=O)COC(=O)COc1ccc(C)cc1C)[C@@H]1CCS(=O)(=O)C1. The lowest BCUT2D eigenvalue weighted by Gasteiger charge is -2.33. The second-order valence-electron chi connectivity index (χ2n) is 7.33. The zero-order valence-electron chi connectivity index (χ0n) is 16.9. The summed E-state index contributed by atoms with van der Waals surface area (Å²) in [7, 11) is -3.12. The zero-order chi connectivity index (χ0) is 20.9. The van der Waals surface area contributed by atoms with Gasteiger partial charge in [-0.3, -0.25) is 4.79 Å². The Morgan fingerprint density at radius 2 is 1.96 bits per heavy atom. The van der Waals surface area contributed by atoms with Gasteiger partial charge in [0.1, 0.15) is 5.75 Å². The molecule has 1 aliphatic heterocycles. The first kappa shape index (κ1) is 22.2. The molecule has 2 rings (SSSR count). The van der Waals surface area contributed by atoms with E-state index in [2.05, 4.69) is 0 Å². The Morgan fingerprint density at radius 1 is 1.25 bits per heavy atom. The number of carbonyl (C=O) groups excluding carboxylic acids is 2. The molecule has 1 aromatic carbocycles. The van der Waals surface area contributed by atoms with Gasteiger partial charge in [-0.2, -0.15) is 0 Å². The molecule has 0 saturated carbocycles. The molecule has 7 nitrogen and oxygen atoms in total. The number of ether oxygens (including phenoxy) is 2. The number of aryl methyl sites for hydroxylation is 2. The van der Waals surface area contributed by atoms with Crippen LogP contribution in [0.1, 0.15) is 37.8 Å². The fourth-order valence-corrected chi connectivity index (χ4v) is 5.07. The molecule has 8 heteroatoms. The van der Waals surface area contributed by atoms with Gasteiger partial charge in [-0.05, 0) is 45.2 Å². The van der Waals surface area contributed by atoms with Gasteiger partial charge in [0.15, 0.2) is 23.1 Å². The summed E-state index contributed by atoms with van der Waals surface area (Å²) in [4.78, 5) is 26.2. The average molecular weight is 412 g/mol. The molecule has 156 valence electrons. The van der Waals surface area contributed by atoms with E-state index >= 15 is 0 Å². The standard InChI is InChI=1S/C20H29NO6S/c1-5-16(4)21(17-8-9-28(24,25)13-17)19(22)11-27-20(23)12-26-18-7-6-14(2)10-15(18)3/h6-7,10,16-17H,5,8-9,11-13H2,1-4H3/t16-,17-/m1/s1. The van der Waals surface area contributed by atoms with Crippen LogP contribution in [0, 0.1) is 13.8 Å². The highest BCUT2D eigenvalue weighted by molar-refractivity contribution is 7.91. The summed E-state index contributed by atoms with van der Waals surface area (Å²) in [6.45, 7) is 6.94. The first-order valence-corrected chi connectivity index (χ1v) is 11.3. The summed E-state index contributed by atoms with van der Waals surface area (Å²) in [6, 6.07) is 5.13. The summed E-state index contributed by atoms with van der Waals surface area (Å²) < 4.78 is 34.1. The minimum atomic E-state index is -3.12. The van der Waals surface area contributed by atoms with Gasteiger partial charge >= 0.3 is 5.97 Å². The number of hydrogen-bond donors (Lipinski definition) is 0. The van der Waals surface area contributed by atoms with E-state index < -0.39 is 22.4 Å². The molecule has 0 N–H and O–H groups in total. The van der Waals surface area contributed by atoms with Gasteiger partial charge in [0.25, 0.3) is 5.91 Å². The molecule has 0 aromatic heterocycles. The Morgan fingerprint density at radius 3 is 2.54 bits per heavy atom. The summed E-state index contributed by atoms with van der Waals surface area (Å²) in [5.74, 6) is -0.382. The van der Waals surface area contributed by atoms with Crippen molar-refractivity contribution in [1.82, 2.24) is 4.90 Å². The van der Waals surface area contributed by atoms with Gasteiger partial charge in [0.05, 0.1) is 11.5 Å². The molecule has 2 atom stereocenters. The predicted molar refractivity (Wildman–Crippen MR) is 106 cm³/mol. The Labute approximate surface area is 166 Å². The number of carbonyl (C=O) groups is 2. The number of amides is 1. The van der Waals surface area contributed by atoms with E-state index in [-0.39, 0.29) is 36.1 Å². The Balaban J connectivity index is 1.89. The second-order valence-corrected chi connectivity index (χ2v) is 9.56. The van der Waals surface area contributed by atoms with E-state index in [0.29, 0.717) is 18.6 Å². The van der Waals surface area contributed by atoms with Gasteiger partial charge in [-0.15, -0.1) is 0 Å². The Hall–Kier alpha value is -2.09. The lowest BCUT2D eigenvalue weighted by atomic mass is 10.1. The van der Waals surface area contributed by atoms with Crippen molar-refractivity contribution in [3.8, 4) is 5.75 Å². The summed E-state index contributed by atoms with van der Waals surface area (Å²) in [5.41, 5.74) is 2.01. The number of benzene rings is 1. The van der Waals surface area contributed by atoms with Crippen molar-refractivity contribution in [1.29, 1.82) is 0 Å². The molecular weight excluding hydrogens is 382 g/mol. The monoisotopic (exact) mass is 411 g/mol. The van der Waals surface area contributed by atoms with Gasteiger partial charge < -0.3 is 14.4 Å². The fraction of sp³-hybridized carbons (Fsp3) is 0.600. The average Bonchev–Trinajstić information content (AvgIpc) is 2.98. The number of hydrogen-bond acceptors (Lipinski definition) is 6. The zero-order valence-corrected chi connectivity index (χ0v) is 17.8. The molecule has 1 heterocycles. The van der Waals surface area contributed by atoms with Crippen molar-refractivity contribution in [3.63, 3.8) is 0 Å². The fourth-order valence-electron chi connectivity index (χ4n) is 3.36. The van der Waals surface area contributed by atoms with Crippen molar-refractivity contribution in [2.45, 2.75) is 52.6 Å². The third-order valence-corrected chi connectivity index (χ3v) is 6.74. The highest BCUT2D eigenvalue weighted by Gasteiger charge is 2.36. The van der Waals surface area contributed by atoms with Crippen LogP contribution in [0.4, 0.5) is 0 Å². The maximum absolute atomic E-state index is 12.6. The molecule has 1 amide bonds.